The summed E-state index contributed by atoms with van der Waals surface area (Å²) in [6.45, 7) is 11.6. The van der Waals surface area contributed by atoms with Crippen LogP contribution in [-0.2, 0) is 4.79 Å². The Morgan fingerprint density at radius 2 is 1.92 bits per heavy atom. The largest absolute Gasteiger partial charge is 0.497 e. The number of amides is 2. The highest BCUT2D eigenvalue weighted by atomic mass is 35.5. The minimum absolute atomic E-state index is 0.0137. The van der Waals surface area contributed by atoms with Gasteiger partial charge in [-0.05, 0) is 55.2 Å². The van der Waals surface area contributed by atoms with Crippen molar-refractivity contribution in [3.63, 3.8) is 0 Å². The Kier molecular flexibility index (Phi) is 7.76. The Labute approximate surface area is 240 Å². The Bertz CT molecular complexity index is 1260. The highest BCUT2D eigenvalue weighted by Crippen LogP contribution is 2.52. The van der Waals surface area contributed by atoms with Crippen LogP contribution in [0.2, 0.25) is 5.15 Å². The van der Waals surface area contributed by atoms with E-state index in [1.54, 1.807) is 19.2 Å². The minimum atomic E-state index is -0.0241. The molecule has 1 aliphatic carbocycles. The van der Waals surface area contributed by atoms with Crippen LogP contribution in [0.5, 0.6) is 5.75 Å². The Morgan fingerprint density at radius 3 is 2.67 bits per heavy atom. The van der Waals surface area contributed by atoms with E-state index in [9.17, 15) is 9.59 Å². The molecule has 8 nitrogen and oxygen atoms in total. The third-order valence-corrected chi connectivity index (χ3v) is 9.28. The van der Waals surface area contributed by atoms with Gasteiger partial charge < -0.3 is 19.4 Å². The van der Waals surface area contributed by atoms with E-state index in [2.05, 4.69) is 35.6 Å². The third-order valence-electron chi connectivity index (χ3n) is 8.25. The molecule has 2 amide bonds. The van der Waals surface area contributed by atoms with Crippen molar-refractivity contribution in [3.05, 3.63) is 41.0 Å². The Hall–Kier alpha value is -2.52. The molecule has 3 atom stereocenters. The number of aromatic nitrogens is 2. The van der Waals surface area contributed by atoms with E-state index in [-0.39, 0.29) is 28.7 Å². The summed E-state index contributed by atoms with van der Waals surface area (Å²) in [5.74, 6) is 1.81. The second-order valence-electron chi connectivity index (χ2n) is 12.4. The first-order valence-electron chi connectivity index (χ1n) is 13.6. The molecule has 1 saturated carbocycles. The number of fused-ring (bicyclic) bond motifs is 2. The SMILES string of the molecule is COc1cccc(C(=O)N2CCN(c3cc(Cl)nc(SCC(=O)N4CC5(C)CC4CC(C)(C)C5)n3)CC2C)c1. The summed E-state index contributed by atoms with van der Waals surface area (Å²) in [6.07, 6.45) is 3.31. The molecular weight excluding hydrogens is 534 g/mol. The number of ether oxygens (including phenoxy) is 1. The summed E-state index contributed by atoms with van der Waals surface area (Å²) >= 11 is 7.74. The number of benzene rings is 1. The van der Waals surface area contributed by atoms with Gasteiger partial charge in [-0.25, -0.2) is 9.97 Å². The first kappa shape index (κ1) is 28.0. The van der Waals surface area contributed by atoms with Crippen molar-refractivity contribution in [2.24, 2.45) is 10.8 Å². The fourth-order valence-corrected chi connectivity index (χ4v) is 7.93. The molecule has 2 aromatic rings. The maximum Gasteiger partial charge on any atom is 0.254 e. The van der Waals surface area contributed by atoms with Crippen LogP contribution in [-0.4, -0.2) is 82.7 Å². The second kappa shape index (κ2) is 10.8. The summed E-state index contributed by atoms with van der Waals surface area (Å²) in [7, 11) is 1.60. The number of likely N-dealkylation sites (tertiary alicyclic amines) is 1. The van der Waals surface area contributed by atoms with E-state index >= 15 is 0 Å². The average molecular weight is 572 g/mol. The van der Waals surface area contributed by atoms with Crippen LogP contribution < -0.4 is 9.64 Å². The molecule has 5 rings (SSSR count). The molecular formula is C29H38ClN5O3S. The van der Waals surface area contributed by atoms with Crippen LogP contribution in [0.25, 0.3) is 0 Å². The number of hydrogen-bond acceptors (Lipinski definition) is 7. The molecule has 3 heterocycles. The minimum Gasteiger partial charge on any atom is -0.497 e. The van der Waals surface area contributed by atoms with Crippen molar-refractivity contribution in [2.75, 3.05) is 43.9 Å². The van der Waals surface area contributed by atoms with Gasteiger partial charge >= 0.3 is 0 Å². The van der Waals surface area contributed by atoms with E-state index in [4.69, 9.17) is 21.3 Å². The van der Waals surface area contributed by atoms with Crippen LogP contribution in [0.4, 0.5) is 5.82 Å². The van der Waals surface area contributed by atoms with Crippen molar-refractivity contribution in [3.8, 4) is 5.75 Å². The van der Waals surface area contributed by atoms with Crippen molar-refractivity contribution in [1.82, 2.24) is 19.8 Å². The zero-order valence-electron chi connectivity index (χ0n) is 23.4. The number of nitrogens with zero attached hydrogens (tertiary/aromatic N) is 5. The molecule has 0 radical (unpaired) electrons. The average Bonchev–Trinajstić information content (AvgIpc) is 3.15. The van der Waals surface area contributed by atoms with Crippen LogP contribution in [0, 0.1) is 10.8 Å². The summed E-state index contributed by atoms with van der Waals surface area (Å²) in [6, 6.07) is 9.30. The van der Waals surface area contributed by atoms with Gasteiger partial charge in [0.2, 0.25) is 5.91 Å². The van der Waals surface area contributed by atoms with Crippen molar-refractivity contribution in [1.29, 1.82) is 0 Å². The van der Waals surface area contributed by atoms with E-state index in [0.717, 1.165) is 31.6 Å². The summed E-state index contributed by atoms with van der Waals surface area (Å²) in [5.41, 5.74) is 1.09. The molecule has 1 aromatic heterocycles. The highest BCUT2D eigenvalue weighted by Gasteiger charge is 2.50. The normalized spacial score (nSPS) is 26.1. The zero-order chi connectivity index (χ0) is 27.9. The van der Waals surface area contributed by atoms with Crippen LogP contribution in [0.15, 0.2) is 35.5 Å². The standard InChI is InChI=1S/C29H38ClN5O3S/c1-19-15-33(9-10-34(19)26(37)20-7-6-8-22(11-20)38-5)24-12-23(30)31-27(32-24)39-16-25(36)35-18-29(4)14-21(35)13-28(2,3)17-29/h6-8,11-12,19,21H,9-10,13-18H2,1-5H3. The van der Waals surface area contributed by atoms with E-state index in [0.29, 0.717) is 53.1 Å². The smallest absolute Gasteiger partial charge is 0.254 e. The molecule has 39 heavy (non-hydrogen) atoms. The molecule has 3 aliphatic rings. The van der Waals surface area contributed by atoms with E-state index < -0.39 is 0 Å². The molecule has 1 aromatic carbocycles. The number of rotatable bonds is 6. The summed E-state index contributed by atoms with van der Waals surface area (Å²) in [4.78, 5) is 41.7. The molecule has 2 bridgehead atoms. The third kappa shape index (κ3) is 6.14. The molecule has 210 valence electrons. The molecule has 2 aliphatic heterocycles. The summed E-state index contributed by atoms with van der Waals surface area (Å²) < 4.78 is 5.28. The lowest BCUT2D eigenvalue weighted by Gasteiger charge is -2.40. The molecule has 3 unspecified atom stereocenters. The van der Waals surface area contributed by atoms with Gasteiger partial charge in [0.1, 0.15) is 16.7 Å². The first-order chi connectivity index (χ1) is 18.4. The molecule has 3 fully saturated rings. The Morgan fingerprint density at radius 1 is 1.13 bits per heavy atom. The quantitative estimate of drug-likeness (QED) is 0.274. The van der Waals surface area contributed by atoms with Crippen molar-refractivity contribution in [2.45, 2.75) is 64.2 Å². The van der Waals surface area contributed by atoms with Crippen molar-refractivity contribution >= 4 is 41.0 Å². The van der Waals surface area contributed by atoms with Crippen LogP contribution in [0.3, 0.4) is 0 Å². The van der Waals surface area contributed by atoms with Gasteiger partial charge in [-0.1, -0.05) is 50.2 Å². The number of carbonyl (C=O) groups excluding carboxylic acids is 2. The van der Waals surface area contributed by atoms with Gasteiger partial charge in [0.05, 0.1) is 12.9 Å². The lowest BCUT2D eigenvalue weighted by atomic mass is 9.65. The number of carbonyl (C=O) groups is 2. The zero-order valence-corrected chi connectivity index (χ0v) is 25.0. The predicted octanol–water partition coefficient (Wildman–Crippen LogP) is 5.01. The molecule has 0 N–H and O–H groups in total. The number of methoxy groups -OCH3 is 1. The molecule has 10 heteroatoms. The fraction of sp³-hybridized carbons (Fsp3) is 0.586. The maximum atomic E-state index is 13.2. The molecule has 2 saturated heterocycles. The van der Waals surface area contributed by atoms with Crippen LogP contribution in [0.1, 0.15) is 57.3 Å². The topological polar surface area (TPSA) is 78.9 Å². The second-order valence-corrected chi connectivity index (χ2v) is 13.7. The molecule has 0 spiro atoms. The van der Waals surface area contributed by atoms with E-state index in [1.165, 1.54) is 11.8 Å². The number of piperazine rings is 1. The van der Waals surface area contributed by atoms with Crippen LogP contribution >= 0.6 is 23.4 Å². The van der Waals surface area contributed by atoms with E-state index in [1.807, 2.05) is 30.0 Å². The Balaban J connectivity index is 1.21. The van der Waals surface area contributed by atoms with Gasteiger partial charge in [0.15, 0.2) is 5.16 Å². The van der Waals surface area contributed by atoms with Gasteiger partial charge in [0, 0.05) is 49.9 Å². The first-order valence-corrected chi connectivity index (χ1v) is 15.0. The van der Waals surface area contributed by atoms with Gasteiger partial charge in [0.25, 0.3) is 5.91 Å². The van der Waals surface area contributed by atoms with Gasteiger partial charge in [-0.3, -0.25) is 9.59 Å². The van der Waals surface area contributed by atoms with Gasteiger partial charge in [-0.15, -0.1) is 0 Å². The van der Waals surface area contributed by atoms with Gasteiger partial charge in [-0.2, -0.15) is 0 Å². The fourth-order valence-electron chi connectivity index (χ4n) is 6.96. The number of thioether (sulfide) groups is 1. The predicted molar refractivity (Wildman–Crippen MR) is 155 cm³/mol. The lowest BCUT2D eigenvalue weighted by molar-refractivity contribution is -0.129. The number of anilines is 1. The summed E-state index contributed by atoms with van der Waals surface area (Å²) in [5, 5.41) is 0.853. The monoisotopic (exact) mass is 571 g/mol. The maximum absolute atomic E-state index is 13.2. The lowest BCUT2D eigenvalue weighted by Crippen LogP contribution is -2.54. The number of hydrogen-bond donors (Lipinski definition) is 0. The number of halogens is 1. The highest BCUT2D eigenvalue weighted by molar-refractivity contribution is 7.99. The van der Waals surface area contributed by atoms with Crippen molar-refractivity contribution < 1.29 is 14.3 Å².